The van der Waals surface area contributed by atoms with Gasteiger partial charge in [-0.3, -0.25) is 25.2 Å². The van der Waals surface area contributed by atoms with Crippen LogP contribution in [0.4, 0.5) is 0 Å². The van der Waals surface area contributed by atoms with Gasteiger partial charge in [-0.15, -0.1) is 0 Å². The smallest absolute Gasteiger partial charge is 0.273 e. The fourth-order valence-corrected chi connectivity index (χ4v) is 3.38. The number of carbonyl (C=O) groups is 2. The first-order chi connectivity index (χ1) is 14.6. The Morgan fingerprint density at radius 2 is 1.60 bits per heavy atom. The number of carbonyl (C=O) groups excluding carboxylic acids is 2. The van der Waals surface area contributed by atoms with E-state index >= 15 is 0 Å². The van der Waals surface area contributed by atoms with Crippen LogP contribution in [0.15, 0.2) is 71.5 Å². The quantitative estimate of drug-likeness (QED) is 0.515. The second-order valence-corrected chi connectivity index (χ2v) is 6.88. The molecule has 0 atom stereocenters. The van der Waals surface area contributed by atoms with Crippen molar-refractivity contribution in [3.05, 3.63) is 88.3 Å². The molecule has 0 radical (unpaired) electrons. The molecule has 0 fully saturated rings. The zero-order valence-corrected chi connectivity index (χ0v) is 16.4. The standard InChI is InChI=1S/C23H20N4O3/c1-2-27-23(30)19-10-6-5-9-18(19)21(26-27)22(29)25-24-20(28)14-15-11-12-16-7-3-4-8-17(16)13-15/h3-13H,2,14H2,1H3,(H,24,28)(H,25,29). The minimum absolute atomic E-state index is 0.0815. The van der Waals surface area contributed by atoms with Crippen LogP contribution in [0.25, 0.3) is 21.5 Å². The molecule has 7 nitrogen and oxygen atoms in total. The zero-order chi connectivity index (χ0) is 21.1. The van der Waals surface area contributed by atoms with Gasteiger partial charge in [-0.25, -0.2) is 4.68 Å². The number of rotatable bonds is 4. The Bertz CT molecular complexity index is 1330. The third-order valence-corrected chi connectivity index (χ3v) is 4.88. The van der Waals surface area contributed by atoms with Gasteiger partial charge in [0, 0.05) is 11.9 Å². The minimum atomic E-state index is -0.583. The lowest BCUT2D eigenvalue weighted by Crippen LogP contribution is -2.43. The summed E-state index contributed by atoms with van der Waals surface area (Å²) in [6.07, 6.45) is 0.119. The molecule has 0 unspecified atom stereocenters. The molecule has 3 aromatic carbocycles. The molecular weight excluding hydrogens is 380 g/mol. The average Bonchev–Trinajstić information content (AvgIpc) is 2.78. The lowest BCUT2D eigenvalue weighted by Gasteiger charge is -2.11. The van der Waals surface area contributed by atoms with Gasteiger partial charge in [0.25, 0.3) is 11.5 Å². The van der Waals surface area contributed by atoms with Gasteiger partial charge < -0.3 is 0 Å². The Labute approximate surface area is 172 Å². The van der Waals surface area contributed by atoms with Gasteiger partial charge in [0.1, 0.15) is 0 Å². The lowest BCUT2D eigenvalue weighted by atomic mass is 10.1. The Hall–Kier alpha value is -4.00. The van der Waals surface area contributed by atoms with Gasteiger partial charge >= 0.3 is 0 Å². The van der Waals surface area contributed by atoms with E-state index in [1.54, 1.807) is 31.2 Å². The molecule has 2 amide bonds. The summed E-state index contributed by atoms with van der Waals surface area (Å²) in [6.45, 7) is 2.11. The van der Waals surface area contributed by atoms with Crippen molar-refractivity contribution in [3.63, 3.8) is 0 Å². The van der Waals surface area contributed by atoms with Crippen molar-refractivity contribution in [2.24, 2.45) is 0 Å². The van der Waals surface area contributed by atoms with Crippen LogP contribution >= 0.6 is 0 Å². The summed E-state index contributed by atoms with van der Waals surface area (Å²) in [5.74, 6) is -0.938. The van der Waals surface area contributed by atoms with Crippen molar-refractivity contribution in [1.29, 1.82) is 0 Å². The van der Waals surface area contributed by atoms with Crippen LogP contribution in [0.1, 0.15) is 23.0 Å². The number of fused-ring (bicyclic) bond motifs is 2. The van der Waals surface area contributed by atoms with Gasteiger partial charge in [-0.05, 0) is 29.3 Å². The van der Waals surface area contributed by atoms with Gasteiger partial charge in [-0.2, -0.15) is 5.10 Å². The Morgan fingerprint density at radius 1 is 0.900 bits per heavy atom. The monoisotopic (exact) mass is 400 g/mol. The number of aryl methyl sites for hydroxylation is 1. The van der Waals surface area contributed by atoms with Crippen LogP contribution < -0.4 is 16.4 Å². The molecule has 0 saturated heterocycles. The summed E-state index contributed by atoms with van der Waals surface area (Å²) in [6, 6.07) is 20.5. The summed E-state index contributed by atoms with van der Waals surface area (Å²) in [5.41, 5.74) is 5.49. The highest BCUT2D eigenvalue weighted by atomic mass is 16.2. The highest BCUT2D eigenvalue weighted by Crippen LogP contribution is 2.16. The molecule has 1 aromatic heterocycles. The molecule has 30 heavy (non-hydrogen) atoms. The maximum atomic E-state index is 12.7. The van der Waals surface area contributed by atoms with Crippen LogP contribution in [0.5, 0.6) is 0 Å². The topological polar surface area (TPSA) is 93.1 Å². The van der Waals surface area contributed by atoms with Crippen molar-refractivity contribution in [2.75, 3.05) is 0 Å². The molecule has 150 valence electrons. The van der Waals surface area contributed by atoms with E-state index in [1.165, 1.54) is 4.68 Å². The fourth-order valence-electron chi connectivity index (χ4n) is 3.38. The molecule has 0 aliphatic rings. The number of aromatic nitrogens is 2. The van der Waals surface area contributed by atoms with Crippen LogP contribution in [0.3, 0.4) is 0 Å². The van der Waals surface area contributed by atoms with E-state index < -0.39 is 5.91 Å². The predicted octanol–water partition coefficient (Wildman–Crippen LogP) is 2.57. The average molecular weight is 400 g/mol. The molecule has 2 N–H and O–H groups in total. The molecule has 0 spiro atoms. The summed E-state index contributed by atoms with van der Waals surface area (Å²) >= 11 is 0. The van der Waals surface area contributed by atoms with Crippen molar-refractivity contribution in [1.82, 2.24) is 20.6 Å². The number of hydrogen-bond donors (Lipinski definition) is 2. The molecule has 0 aliphatic carbocycles. The van der Waals surface area contributed by atoms with Gasteiger partial charge in [0.05, 0.1) is 11.8 Å². The lowest BCUT2D eigenvalue weighted by molar-refractivity contribution is -0.121. The van der Waals surface area contributed by atoms with Crippen molar-refractivity contribution >= 4 is 33.4 Å². The van der Waals surface area contributed by atoms with E-state index in [2.05, 4.69) is 16.0 Å². The first kappa shape index (κ1) is 19.3. The van der Waals surface area contributed by atoms with E-state index in [0.29, 0.717) is 17.3 Å². The molecular formula is C23H20N4O3. The van der Waals surface area contributed by atoms with Crippen molar-refractivity contribution in [3.8, 4) is 0 Å². The molecule has 0 saturated carbocycles. The summed E-state index contributed by atoms with van der Waals surface area (Å²) in [5, 5.41) is 7.14. The summed E-state index contributed by atoms with van der Waals surface area (Å²) < 4.78 is 1.23. The maximum Gasteiger partial charge on any atom is 0.290 e. The van der Waals surface area contributed by atoms with E-state index in [0.717, 1.165) is 16.3 Å². The van der Waals surface area contributed by atoms with Crippen LogP contribution in [0, 0.1) is 0 Å². The van der Waals surface area contributed by atoms with Crippen LogP contribution in [-0.4, -0.2) is 21.6 Å². The van der Waals surface area contributed by atoms with Crippen molar-refractivity contribution < 1.29 is 9.59 Å². The molecule has 0 bridgehead atoms. The first-order valence-corrected chi connectivity index (χ1v) is 9.63. The summed E-state index contributed by atoms with van der Waals surface area (Å²) in [4.78, 5) is 37.4. The second-order valence-electron chi connectivity index (χ2n) is 6.88. The van der Waals surface area contributed by atoms with Gasteiger partial charge in [0.2, 0.25) is 5.91 Å². The maximum absolute atomic E-state index is 12.7. The Morgan fingerprint density at radius 3 is 2.37 bits per heavy atom. The number of nitrogens with zero attached hydrogens (tertiary/aromatic N) is 2. The van der Waals surface area contributed by atoms with Gasteiger partial charge in [-0.1, -0.05) is 60.7 Å². The SMILES string of the molecule is CCn1nc(C(=O)NNC(=O)Cc2ccc3ccccc3c2)c2ccccc2c1=O. The van der Waals surface area contributed by atoms with Crippen molar-refractivity contribution in [2.45, 2.75) is 19.9 Å². The third-order valence-electron chi connectivity index (χ3n) is 4.88. The fraction of sp³-hybridized carbons (Fsp3) is 0.130. The number of hydrogen-bond acceptors (Lipinski definition) is 4. The molecule has 7 heteroatoms. The number of amides is 2. The second kappa shape index (κ2) is 8.16. The predicted molar refractivity (Wildman–Crippen MR) is 115 cm³/mol. The normalized spacial score (nSPS) is 10.8. The van der Waals surface area contributed by atoms with Gasteiger partial charge in [0.15, 0.2) is 5.69 Å². The van der Waals surface area contributed by atoms with E-state index in [1.807, 2.05) is 42.5 Å². The van der Waals surface area contributed by atoms with E-state index in [4.69, 9.17) is 0 Å². The number of benzene rings is 3. The van der Waals surface area contributed by atoms with Crippen LogP contribution in [-0.2, 0) is 17.8 Å². The van der Waals surface area contributed by atoms with Crippen LogP contribution in [0.2, 0.25) is 0 Å². The highest BCUT2D eigenvalue weighted by molar-refractivity contribution is 6.05. The largest absolute Gasteiger partial charge is 0.290 e. The first-order valence-electron chi connectivity index (χ1n) is 9.63. The molecule has 1 heterocycles. The highest BCUT2D eigenvalue weighted by Gasteiger charge is 2.16. The molecule has 0 aliphatic heterocycles. The Kier molecular flexibility index (Phi) is 5.26. The summed E-state index contributed by atoms with van der Waals surface area (Å²) in [7, 11) is 0. The van der Waals surface area contributed by atoms with E-state index in [-0.39, 0.29) is 23.6 Å². The third kappa shape index (κ3) is 3.77. The number of nitrogens with one attached hydrogen (secondary N) is 2. The van der Waals surface area contributed by atoms with E-state index in [9.17, 15) is 14.4 Å². The minimum Gasteiger partial charge on any atom is -0.273 e. The Balaban J connectivity index is 1.49. The number of hydrazine groups is 1. The zero-order valence-electron chi connectivity index (χ0n) is 16.4. The molecule has 4 rings (SSSR count). The molecule has 4 aromatic rings.